The van der Waals surface area contributed by atoms with Crippen LogP contribution in [0.2, 0.25) is 0 Å². The number of benzene rings is 2. The molecule has 24 heavy (non-hydrogen) atoms. The molecule has 2 aromatic rings. The zero-order chi connectivity index (χ0) is 16.9. The highest BCUT2D eigenvalue weighted by atomic mass is 14.0. The van der Waals surface area contributed by atoms with Crippen LogP contribution in [0.15, 0.2) is 54.6 Å². The van der Waals surface area contributed by atoms with Crippen LogP contribution in [0.1, 0.15) is 76.7 Å². The van der Waals surface area contributed by atoms with E-state index in [1.807, 2.05) is 0 Å². The Labute approximate surface area is 149 Å². The summed E-state index contributed by atoms with van der Waals surface area (Å²) >= 11 is 0. The maximum atomic E-state index is 2.37. The van der Waals surface area contributed by atoms with Crippen molar-refractivity contribution in [1.82, 2.24) is 0 Å². The van der Waals surface area contributed by atoms with Crippen molar-refractivity contribution in [2.75, 3.05) is 0 Å². The van der Waals surface area contributed by atoms with Crippen molar-refractivity contribution in [3.63, 3.8) is 0 Å². The van der Waals surface area contributed by atoms with Gasteiger partial charge in [-0.2, -0.15) is 0 Å². The molecule has 0 heteroatoms. The smallest absolute Gasteiger partial charge is 0.0181 e. The van der Waals surface area contributed by atoms with Crippen molar-refractivity contribution in [3.8, 4) is 0 Å². The number of hydrogen-bond acceptors (Lipinski definition) is 0. The highest BCUT2D eigenvalue weighted by Gasteiger charge is 1.97. The van der Waals surface area contributed by atoms with Crippen LogP contribution >= 0.6 is 0 Å². The molecule has 0 aromatic heterocycles. The van der Waals surface area contributed by atoms with E-state index in [1.54, 1.807) is 0 Å². The second-order valence-corrected chi connectivity index (χ2v) is 6.96. The maximum Gasteiger partial charge on any atom is -0.0181 e. The molecule has 0 unspecified atom stereocenters. The summed E-state index contributed by atoms with van der Waals surface area (Å²) in [7, 11) is 0. The minimum absolute atomic E-state index is 1.23. The molecule has 2 aromatic carbocycles. The Kier molecular flexibility index (Phi) is 9.31. The fourth-order valence-corrected chi connectivity index (χ4v) is 3.27. The van der Waals surface area contributed by atoms with E-state index in [4.69, 9.17) is 0 Å². The van der Waals surface area contributed by atoms with Crippen molar-refractivity contribution in [2.45, 2.75) is 77.6 Å². The number of hydrogen-bond donors (Lipinski definition) is 0. The quantitative estimate of drug-likeness (QED) is 0.275. The maximum absolute atomic E-state index is 2.37. The number of rotatable bonds is 12. The molecule has 2 rings (SSSR count). The molecule has 130 valence electrons. The first-order chi connectivity index (χ1) is 11.9. The van der Waals surface area contributed by atoms with Gasteiger partial charge in [0.2, 0.25) is 0 Å². The molecule has 0 heterocycles. The minimum atomic E-state index is 1.23. The van der Waals surface area contributed by atoms with E-state index in [0.717, 1.165) is 0 Å². The lowest BCUT2D eigenvalue weighted by Gasteiger charge is -2.04. The number of allylic oxidation sites excluding steroid dienone is 2. The van der Waals surface area contributed by atoms with Gasteiger partial charge >= 0.3 is 0 Å². The van der Waals surface area contributed by atoms with Gasteiger partial charge in [0.1, 0.15) is 0 Å². The Balaban J connectivity index is 1.49. The first-order valence-electron chi connectivity index (χ1n) is 10.0. The van der Waals surface area contributed by atoms with Crippen LogP contribution in [0.3, 0.4) is 0 Å². The molecule has 0 amide bonds. The van der Waals surface area contributed by atoms with Gasteiger partial charge in [-0.25, -0.2) is 0 Å². The summed E-state index contributed by atoms with van der Waals surface area (Å²) in [6.45, 7) is 2.24. The minimum Gasteiger partial charge on any atom is -0.0885 e. The van der Waals surface area contributed by atoms with E-state index >= 15 is 0 Å². The lowest BCUT2D eigenvalue weighted by Crippen LogP contribution is -1.87. The van der Waals surface area contributed by atoms with E-state index in [1.165, 1.54) is 87.0 Å². The van der Waals surface area contributed by atoms with Gasteiger partial charge in [0, 0.05) is 0 Å². The molecule has 0 nitrogen and oxygen atoms in total. The van der Waals surface area contributed by atoms with Crippen LogP contribution in [0.25, 0.3) is 10.8 Å². The van der Waals surface area contributed by atoms with Gasteiger partial charge in [0.15, 0.2) is 0 Å². The fourth-order valence-electron chi connectivity index (χ4n) is 3.27. The third-order valence-electron chi connectivity index (χ3n) is 4.77. The molecule has 0 bridgehead atoms. The topological polar surface area (TPSA) is 0 Å². The second kappa shape index (κ2) is 11.9. The summed E-state index contributed by atoms with van der Waals surface area (Å²) in [4.78, 5) is 0. The predicted octanol–water partition coefficient (Wildman–Crippen LogP) is 7.86. The first-order valence-corrected chi connectivity index (χ1v) is 10.0. The number of aryl methyl sites for hydroxylation is 1. The molecule has 0 radical (unpaired) electrons. The molecule has 0 aliphatic heterocycles. The summed E-state index contributed by atoms with van der Waals surface area (Å²) in [5, 5.41) is 2.73. The van der Waals surface area contributed by atoms with Crippen LogP contribution in [0.5, 0.6) is 0 Å². The van der Waals surface area contributed by atoms with Crippen LogP contribution < -0.4 is 0 Å². The normalized spacial score (nSPS) is 11.5. The molecular formula is C24H34. The molecule has 0 saturated carbocycles. The van der Waals surface area contributed by atoms with Gasteiger partial charge in [-0.15, -0.1) is 0 Å². The highest BCUT2D eigenvalue weighted by Crippen LogP contribution is 2.18. The number of fused-ring (bicyclic) bond motifs is 1. The highest BCUT2D eigenvalue weighted by molar-refractivity contribution is 5.82. The van der Waals surface area contributed by atoms with E-state index in [2.05, 4.69) is 61.5 Å². The van der Waals surface area contributed by atoms with E-state index in [9.17, 15) is 0 Å². The van der Waals surface area contributed by atoms with Crippen molar-refractivity contribution in [1.29, 1.82) is 0 Å². The SMILES string of the molecule is CCC/C=C/CCCCCCCCCc1ccc2ccccc2c1. The lowest BCUT2D eigenvalue weighted by atomic mass is 10.0. The van der Waals surface area contributed by atoms with Gasteiger partial charge < -0.3 is 0 Å². The zero-order valence-electron chi connectivity index (χ0n) is 15.5. The average Bonchev–Trinajstić information content (AvgIpc) is 2.62. The Morgan fingerprint density at radius 1 is 0.667 bits per heavy atom. The van der Waals surface area contributed by atoms with Gasteiger partial charge in [0.25, 0.3) is 0 Å². The summed E-state index contributed by atoms with van der Waals surface area (Å²) in [6.07, 6.45) is 19.5. The molecule has 0 fully saturated rings. The third kappa shape index (κ3) is 7.34. The number of unbranched alkanes of at least 4 members (excludes halogenated alkanes) is 8. The predicted molar refractivity (Wildman–Crippen MR) is 109 cm³/mol. The Hall–Kier alpha value is -1.56. The first kappa shape index (κ1) is 18.8. The molecule has 0 aliphatic carbocycles. The monoisotopic (exact) mass is 322 g/mol. The van der Waals surface area contributed by atoms with Gasteiger partial charge in [-0.3, -0.25) is 0 Å². The zero-order valence-corrected chi connectivity index (χ0v) is 15.5. The van der Waals surface area contributed by atoms with Gasteiger partial charge in [0.05, 0.1) is 0 Å². The largest absolute Gasteiger partial charge is 0.0885 e. The Bertz CT molecular complexity index is 594. The Morgan fingerprint density at radius 2 is 1.33 bits per heavy atom. The average molecular weight is 323 g/mol. The molecular weight excluding hydrogens is 288 g/mol. The van der Waals surface area contributed by atoms with Crippen LogP contribution in [0, 0.1) is 0 Å². The summed E-state index contributed by atoms with van der Waals surface area (Å²) < 4.78 is 0. The molecule has 0 atom stereocenters. The fraction of sp³-hybridized carbons (Fsp3) is 0.500. The second-order valence-electron chi connectivity index (χ2n) is 6.96. The summed E-state index contributed by atoms with van der Waals surface area (Å²) in [6, 6.07) is 15.6. The molecule has 0 aliphatic rings. The van der Waals surface area contributed by atoms with Gasteiger partial charge in [-0.05, 0) is 48.4 Å². The molecule has 0 N–H and O–H groups in total. The standard InChI is InChI=1S/C24H34/c1-2-3-4-5-6-7-8-9-10-11-12-13-16-22-19-20-23-17-14-15-18-24(23)21-22/h4-5,14-15,17-21H,2-3,6-13,16H2,1H3/b5-4+. The molecule has 0 saturated heterocycles. The third-order valence-corrected chi connectivity index (χ3v) is 4.77. The van der Waals surface area contributed by atoms with Crippen LogP contribution in [-0.4, -0.2) is 0 Å². The van der Waals surface area contributed by atoms with E-state index in [0.29, 0.717) is 0 Å². The van der Waals surface area contributed by atoms with Crippen molar-refractivity contribution < 1.29 is 0 Å². The van der Waals surface area contributed by atoms with Crippen LogP contribution in [0.4, 0.5) is 0 Å². The van der Waals surface area contributed by atoms with Gasteiger partial charge in [-0.1, -0.05) is 100 Å². The Morgan fingerprint density at radius 3 is 2.12 bits per heavy atom. The van der Waals surface area contributed by atoms with Crippen LogP contribution in [-0.2, 0) is 6.42 Å². The summed E-state index contributed by atoms with van der Waals surface area (Å²) in [5.41, 5.74) is 1.49. The lowest BCUT2D eigenvalue weighted by molar-refractivity contribution is 0.581. The summed E-state index contributed by atoms with van der Waals surface area (Å²) in [5.74, 6) is 0. The van der Waals surface area contributed by atoms with Crippen molar-refractivity contribution in [3.05, 3.63) is 60.2 Å². The molecule has 0 spiro atoms. The van der Waals surface area contributed by atoms with Crippen molar-refractivity contribution in [2.24, 2.45) is 0 Å². The van der Waals surface area contributed by atoms with E-state index in [-0.39, 0.29) is 0 Å². The van der Waals surface area contributed by atoms with Crippen molar-refractivity contribution >= 4 is 10.8 Å². The van der Waals surface area contributed by atoms with E-state index < -0.39 is 0 Å².